The maximum atomic E-state index is 12.1. The van der Waals surface area contributed by atoms with E-state index in [-0.39, 0.29) is 18.0 Å². The fourth-order valence-corrected chi connectivity index (χ4v) is 2.62. The molecule has 1 aliphatic heterocycles. The number of ether oxygens (including phenoxy) is 1. The second-order valence-corrected chi connectivity index (χ2v) is 6.27. The van der Waals surface area contributed by atoms with E-state index in [1.807, 2.05) is 24.3 Å². The highest BCUT2D eigenvalue weighted by molar-refractivity contribution is 9.10. The number of hydrogen-bond acceptors (Lipinski definition) is 5. The minimum Gasteiger partial charge on any atom is -0.379 e. The van der Waals surface area contributed by atoms with Crippen LogP contribution in [0, 0.1) is 0 Å². The Bertz CT molecular complexity index is 770. The van der Waals surface area contributed by atoms with E-state index >= 15 is 0 Å². The van der Waals surface area contributed by atoms with E-state index in [1.165, 1.54) is 10.7 Å². The Labute approximate surface area is 147 Å². The number of carbonyl (C=O) groups is 1. The number of hydrogen-bond donors (Lipinski definition) is 1. The van der Waals surface area contributed by atoms with Gasteiger partial charge >= 0.3 is 0 Å². The summed E-state index contributed by atoms with van der Waals surface area (Å²) in [6, 6.07) is 10.7. The van der Waals surface area contributed by atoms with Crippen LogP contribution in [-0.2, 0) is 16.1 Å². The van der Waals surface area contributed by atoms with Gasteiger partial charge in [-0.1, -0.05) is 28.1 Å². The van der Waals surface area contributed by atoms with E-state index in [1.54, 1.807) is 11.1 Å². The molecule has 2 aromatic rings. The van der Waals surface area contributed by atoms with Gasteiger partial charge in [-0.3, -0.25) is 15.0 Å². The summed E-state index contributed by atoms with van der Waals surface area (Å²) >= 11 is 3.38. The second-order valence-electron chi connectivity index (χ2n) is 5.36. The molecule has 1 aliphatic rings. The SMILES string of the molecule is O=C(Cn1nc(-c2ccc(Br)cc2)ccc1=O)NN1CCOCC1. The number of benzene rings is 1. The molecule has 0 spiro atoms. The van der Waals surface area contributed by atoms with Crippen molar-refractivity contribution in [2.24, 2.45) is 0 Å². The van der Waals surface area contributed by atoms with Gasteiger partial charge in [0.25, 0.3) is 11.5 Å². The van der Waals surface area contributed by atoms with Gasteiger partial charge in [-0.05, 0) is 18.2 Å². The molecule has 0 bridgehead atoms. The van der Waals surface area contributed by atoms with E-state index < -0.39 is 0 Å². The molecular weight excluding hydrogens is 376 g/mol. The molecule has 2 heterocycles. The topological polar surface area (TPSA) is 76.5 Å². The van der Waals surface area contributed by atoms with Crippen molar-refractivity contribution in [1.29, 1.82) is 0 Å². The number of carbonyl (C=O) groups excluding carboxylic acids is 1. The predicted octanol–water partition coefficient (Wildman–Crippen LogP) is 1.04. The van der Waals surface area contributed by atoms with Crippen LogP contribution in [0.2, 0.25) is 0 Å². The molecule has 1 fully saturated rings. The zero-order valence-corrected chi connectivity index (χ0v) is 14.5. The summed E-state index contributed by atoms with van der Waals surface area (Å²) in [5.74, 6) is -0.278. The van der Waals surface area contributed by atoms with Crippen LogP contribution in [0.25, 0.3) is 11.3 Å². The average Bonchev–Trinajstić information content (AvgIpc) is 2.58. The zero-order valence-electron chi connectivity index (χ0n) is 12.9. The van der Waals surface area contributed by atoms with Gasteiger partial charge in [-0.15, -0.1) is 0 Å². The smallest absolute Gasteiger partial charge is 0.267 e. The first-order chi connectivity index (χ1) is 11.6. The van der Waals surface area contributed by atoms with Crippen molar-refractivity contribution in [1.82, 2.24) is 20.2 Å². The Morgan fingerprint density at radius 1 is 1.17 bits per heavy atom. The normalized spacial score (nSPS) is 15.2. The molecule has 7 nitrogen and oxygen atoms in total. The van der Waals surface area contributed by atoms with Crippen LogP contribution < -0.4 is 11.0 Å². The summed E-state index contributed by atoms with van der Waals surface area (Å²) in [6.45, 7) is 2.30. The molecule has 1 aromatic heterocycles. The lowest BCUT2D eigenvalue weighted by Gasteiger charge is -2.26. The van der Waals surface area contributed by atoms with Crippen molar-refractivity contribution in [3.8, 4) is 11.3 Å². The fraction of sp³-hybridized carbons (Fsp3) is 0.312. The summed E-state index contributed by atoms with van der Waals surface area (Å²) in [4.78, 5) is 24.1. The molecule has 1 saturated heterocycles. The van der Waals surface area contributed by atoms with Gasteiger partial charge in [0, 0.05) is 29.2 Å². The Hall–Kier alpha value is -2.03. The number of hydrazine groups is 1. The third kappa shape index (κ3) is 4.28. The van der Waals surface area contributed by atoms with E-state index in [9.17, 15) is 9.59 Å². The van der Waals surface area contributed by atoms with E-state index in [0.29, 0.717) is 32.0 Å². The molecule has 0 saturated carbocycles. The van der Waals surface area contributed by atoms with Crippen molar-refractivity contribution in [3.63, 3.8) is 0 Å². The van der Waals surface area contributed by atoms with Crippen LogP contribution in [0.4, 0.5) is 0 Å². The highest BCUT2D eigenvalue weighted by atomic mass is 79.9. The van der Waals surface area contributed by atoms with Crippen molar-refractivity contribution in [3.05, 3.63) is 51.2 Å². The number of amides is 1. The first kappa shape index (κ1) is 16.8. The van der Waals surface area contributed by atoms with Crippen LogP contribution >= 0.6 is 15.9 Å². The molecule has 0 atom stereocenters. The van der Waals surface area contributed by atoms with Gasteiger partial charge < -0.3 is 4.74 Å². The lowest BCUT2D eigenvalue weighted by molar-refractivity contribution is -0.128. The van der Waals surface area contributed by atoms with Crippen LogP contribution in [-0.4, -0.2) is 47.0 Å². The van der Waals surface area contributed by atoms with Crippen LogP contribution in [0.3, 0.4) is 0 Å². The maximum Gasteiger partial charge on any atom is 0.267 e. The van der Waals surface area contributed by atoms with Crippen molar-refractivity contribution >= 4 is 21.8 Å². The summed E-state index contributed by atoms with van der Waals surface area (Å²) in [6.07, 6.45) is 0. The molecular formula is C16H17BrN4O3. The Morgan fingerprint density at radius 3 is 2.58 bits per heavy atom. The summed E-state index contributed by atoms with van der Waals surface area (Å²) < 4.78 is 7.36. The van der Waals surface area contributed by atoms with E-state index in [2.05, 4.69) is 26.5 Å². The van der Waals surface area contributed by atoms with Gasteiger partial charge in [0.2, 0.25) is 0 Å². The molecule has 1 N–H and O–H groups in total. The van der Waals surface area contributed by atoms with Gasteiger partial charge in [0.15, 0.2) is 0 Å². The minimum absolute atomic E-state index is 0.124. The van der Waals surface area contributed by atoms with Crippen molar-refractivity contribution in [2.75, 3.05) is 26.3 Å². The predicted molar refractivity (Wildman–Crippen MR) is 92.2 cm³/mol. The van der Waals surface area contributed by atoms with Crippen LogP contribution in [0.1, 0.15) is 0 Å². The first-order valence-corrected chi connectivity index (χ1v) is 8.37. The molecule has 8 heteroatoms. The first-order valence-electron chi connectivity index (χ1n) is 7.58. The largest absolute Gasteiger partial charge is 0.379 e. The molecule has 1 amide bonds. The quantitative estimate of drug-likeness (QED) is 0.840. The summed E-state index contributed by atoms with van der Waals surface area (Å²) in [5, 5.41) is 6.08. The molecule has 3 rings (SSSR count). The second kappa shape index (κ2) is 7.69. The van der Waals surface area contributed by atoms with Crippen molar-refractivity contribution in [2.45, 2.75) is 6.54 Å². The third-order valence-corrected chi connectivity index (χ3v) is 4.12. The van der Waals surface area contributed by atoms with Gasteiger partial charge in [0.1, 0.15) is 6.54 Å². The highest BCUT2D eigenvalue weighted by Gasteiger charge is 2.14. The lowest BCUT2D eigenvalue weighted by Crippen LogP contribution is -2.49. The molecule has 24 heavy (non-hydrogen) atoms. The van der Waals surface area contributed by atoms with E-state index in [4.69, 9.17) is 4.74 Å². The Kier molecular flexibility index (Phi) is 5.39. The third-order valence-electron chi connectivity index (χ3n) is 3.59. The molecule has 0 aliphatic carbocycles. The molecule has 0 unspecified atom stereocenters. The zero-order chi connectivity index (χ0) is 16.9. The number of halogens is 1. The highest BCUT2D eigenvalue weighted by Crippen LogP contribution is 2.18. The number of aromatic nitrogens is 2. The summed E-state index contributed by atoms with van der Waals surface area (Å²) in [7, 11) is 0. The Morgan fingerprint density at radius 2 is 1.88 bits per heavy atom. The molecule has 1 aromatic carbocycles. The fourth-order valence-electron chi connectivity index (χ4n) is 2.36. The monoisotopic (exact) mass is 392 g/mol. The van der Waals surface area contributed by atoms with E-state index in [0.717, 1.165) is 10.0 Å². The van der Waals surface area contributed by atoms with Gasteiger partial charge in [-0.25, -0.2) is 9.69 Å². The lowest BCUT2D eigenvalue weighted by atomic mass is 10.1. The Balaban J connectivity index is 1.72. The summed E-state index contributed by atoms with van der Waals surface area (Å²) in [5.41, 5.74) is 3.97. The van der Waals surface area contributed by atoms with Crippen LogP contribution in [0.15, 0.2) is 45.7 Å². The average molecular weight is 393 g/mol. The number of morpholine rings is 1. The molecule has 0 radical (unpaired) electrons. The van der Waals surface area contributed by atoms with Gasteiger partial charge in [-0.2, -0.15) is 5.10 Å². The standard InChI is InChI=1S/C16H17BrN4O3/c17-13-3-1-12(2-4-13)14-5-6-16(23)21(18-14)11-15(22)19-20-7-9-24-10-8-20/h1-6H,7-11H2,(H,19,22). The van der Waals surface area contributed by atoms with Crippen LogP contribution in [0.5, 0.6) is 0 Å². The maximum absolute atomic E-state index is 12.1. The van der Waals surface area contributed by atoms with Gasteiger partial charge in [0.05, 0.1) is 18.9 Å². The number of rotatable bonds is 4. The van der Waals surface area contributed by atoms with Crippen molar-refractivity contribution < 1.29 is 9.53 Å². The minimum atomic E-state index is -0.312. The number of nitrogens with zero attached hydrogens (tertiary/aromatic N) is 3. The molecule has 126 valence electrons. The number of nitrogens with one attached hydrogen (secondary N) is 1.